The number of hydrogen-bond donors (Lipinski definition) is 3. The lowest BCUT2D eigenvalue weighted by atomic mass is 10.1. The number of nitrogen functional groups attached to an aromatic ring is 1. The minimum atomic E-state index is -0.396. The van der Waals surface area contributed by atoms with Crippen LogP contribution in [0.25, 0.3) is 17.1 Å². The molecule has 0 aliphatic carbocycles. The maximum Gasteiger partial charge on any atom is 0.323 e. The summed E-state index contributed by atoms with van der Waals surface area (Å²) in [6.45, 7) is 0. The highest BCUT2D eigenvalue weighted by Crippen LogP contribution is 2.25. The SMILES string of the molecule is COc1cccc(-n2nnc(-c3ccccc3NC(=O)Nc3ccc(N)cc3)n2)c1. The number of amides is 2. The van der Waals surface area contributed by atoms with E-state index < -0.39 is 6.03 Å². The molecule has 2 amide bonds. The third kappa shape index (κ3) is 4.20. The summed E-state index contributed by atoms with van der Waals surface area (Å²) in [6.07, 6.45) is 0. The van der Waals surface area contributed by atoms with Gasteiger partial charge in [-0.15, -0.1) is 15.0 Å². The number of ether oxygens (including phenoxy) is 1. The van der Waals surface area contributed by atoms with Gasteiger partial charge in [0.05, 0.1) is 18.5 Å². The van der Waals surface area contributed by atoms with Crippen molar-refractivity contribution >= 4 is 23.1 Å². The molecule has 0 fully saturated rings. The average Bonchev–Trinajstić information content (AvgIpc) is 3.26. The number of nitrogens with zero attached hydrogens (tertiary/aromatic N) is 4. The maximum atomic E-state index is 12.4. The van der Waals surface area contributed by atoms with Crippen LogP contribution in [0.1, 0.15) is 0 Å². The zero-order chi connectivity index (χ0) is 20.9. The number of para-hydroxylation sites is 1. The lowest BCUT2D eigenvalue weighted by Crippen LogP contribution is -2.19. The van der Waals surface area contributed by atoms with Gasteiger partial charge in [0.15, 0.2) is 0 Å². The molecule has 9 nitrogen and oxygen atoms in total. The summed E-state index contributed by atoms with van der Waals surface area (Å²) in [5.74, 6) is 1.06. The van der Waals surface area contributed by atoms with Gasteiger partial charge in [0.1, 0.15) is 5.75 Å². The molecule has 0 aliphatic rings. The summed E-state index contributed by atoms with van der Waals surface area (Å²) in [6, 6.07) is 21.0. The van der Waals surface area contributed by atoms with Crippen LogP contribution in [0.5, 0.6) is 5.75 Å². The Morgan fingerprint density at radius 1 is 1.00 bits per heavy atom. The van der Waals surface area contributed by atoms with Crippen molar-refractivity contribution in [2.75, 3.05) is 23.5 Å². The van der Waals surface area contributed by atoms with Crippen LogP contribution in [0, 0.1) is 0 Å². The van der Waals surface area contributed by atoms with Gasteiger partial charge in [-0.1, -0.05) is 18.2 Å². The molecule has 0 unspecified atom stereocenters. The van der Waals surface area contributed by atoms with Crippen molar-refractivity contribution in [2.24, 2.45) is 0 Å². The van der Waals surface area contributed by atoms with Gasteiger partial charge in [-0.05, 0) is 53.7 Å². The predicted molar refractivity (Wildman–Crippen MR) is 115 cm³/mol. The Labute approximate surface area is 172 Å². The van der Waals surface area contributed by atoms with Gasteiger partial charge in [-0.25, -0.2) is 4.79 Å². The second-order valence-corrected chi connectivity index (χ2v) is 6.35. The number of nitrogens with two attached hydrogens (primary N) is 1. The van der Waals surface area contributed by atoms with E-state index >= 15 is 0 Å². The van der Waals surface area contributed by atoms with Crippen molar-refractivity contribution in [1.82, 2.24) is 20.2 Å². The van der Waals surface area contributed by atoms with Gasteiger partial charge < -0.3 is 21.1 Å². The summed E-state index contributed by atoms with van der Waals surface area (Å²) >= 11 is 0. The molecular formula is C21H19N7O2. The lowest BCUT2D eigenvalue weighted by Gasteiger charge is -2.10. The summed E-state index contributed by atoms with van der Waals surface area (Å²) in [5.41, 5.74) is 8.81. The lowest BCUT2D eigenvalue weighted by molar-refractivity contribution is 0.262. The van der Waals surface area contributed by atoms with Crippen molar-refractivity contribution < 1.29 is 9.53 Å². The van der Waals surface area contributed by atoms with E-state index in [0.29, 0.717) is 39.9 Å². The van der Waals surface area contributed by atoms with Gasteiger partial charge >= 0.3 is 6.03 Å². The highest BCUT2D eigenvalue weighted by atomic mass is 16.5. The van der Waals surface area contributed by atoms with Gasteiger partial charge in [-0.2, -0.15) is 0 Å². The number of carbonyl (C=O) groups is 1. The van der Waals surface area contributed by atoms with Crippen molar-refractivity contribution in [3.05, 3.63) is 72.8 Å². The zero-order valence-electron chi connectivity index (χ0n) is 16.1. The Bertz CT molecular complexity index is 1170. The fourth-order valence-electron chi connectivity index (χ4n) is 2.80. The summed E-state index contributed by atoms with van der Waals surface area (Å²) in [4.78, 5) is 13.8. The molecule has 4 N–H and O–H groups in total. The summed E-state index contributed by atoms with van der Waals surface area (Å²) in [5, 5.41) is 18.3. The fraction of sp³-hybridized carbons (Fsp3) is 0.0476. The van der Waals surface area contributed by atoms with Crippen molar-refractivity contribution in [2.45, 2.75) is 0 Å². The Morgan fingerprint density at radius 2 is 1.80 bits per heavy atom. The Balaban J connectivity index is 1.55. The van der Waals surface area contributed by atoms with E-state index in [1.807, 2.05) is 36.4 Å². The number of tetrazole rings is 1. The average molecular weight is 401 g/mol. The molecule has 4 aromatic rings. The number of carbonyl (C=O) groups excluding carboxylic acids is 1. The van der Waals surface area contributed by atoms with Crippen molar-refractivity contribution in [1.29, 1.82) is 0 Å². The molecule has 4 rings (SSSR count). The van der Waals surface area contributed by atoms with E-state index in [1.165, 1.54) is 4.80 Å². The molecule has 1 heterocycles. The van der Waals surface area contributed by atoms with E-state index in [2.05, 4.69) is 26.0 Å². The normalized spacial score (nSPS) is 10.4. The second-order valence-electron chi connectivity index (χ2n) is 6.35. The van der Waals surface area contributed by atoms with Crippen LogP contribution in [0.3, 0.4) is 0 Å². The maximum absolute atomic E-state index is 12.4. The molecule has 0 atom stereocenters. The smallest absolute Gasteiger partial charge is 0.323 e. The largest absolute Gasteiger partial charge is 0.497 e. The monoisotopic (exact) mass is 401 g/mol. The van der Waals surface area contributed by atoms with Crippen molar-refractivity contribution in [3.8, 4) is 22.8 Å². The number of aromatic nitrogens is 4. The van der Waals surface area contributed by atoms with Gasteiger partial charge in [0, 0.05) is 23.0 Å². The third-order valence-electron chi connectivity index (χ3n) is 4.28. The first-order valence-corrected chi connectivity index (χ1v) is 9.10. The molecule has 3 aromatic carbocycles. The van der Waals surface area contributed by atoms with E-state index in [9.17, 15) is 4.79 Å². The van der Waals surface area contributed by atoms with E-state index in [4.69, 9.17) is 10.5 Å². The summed E-state index contributed by atoms with van der Waals surface area (Å²) in [7, 11) is 1.59. The molecular weight excluding hydrogens is 382 g/mol. The number of hydrogen-bond acceptors (Lipinski definition) is 6. The molecule has 0 saturated carbocycles. The first-order valence-electron chi connectivity index (χ1n) is 9.10. The molecule has 0 aliphatic heterocycles. The van der Waals surface area contributed by atoms with E-state index in [1.54, 1.807) is 43.5 Å². The number of nitrogens with one attached hydrogen (secondary N) is 2. The van der Waals surface area contributed by atoms with Crippen LogP contribution in [0.15, 0.2) is 72.8 Å². The number of urea groups is 1. The highest BCUT2D eigenvalue weighted by molar-refractivity contribution is 6.02. The van der Waals surface area contributed by atoms with Crippen LogP contribution < -0.4 is 21.1 Å². The molecule has 0 bridgehead atoms. The molecule has 1 aromatic heterocycles. The molecule has 30 heavy (non-hydrogen) atoms. The Kier molecular flexibility index (Phi) is 5.25. The number of methoxy groups -OCH3 is 1. The minimum absolute atomic E-state index is 0.376. The van der Waals surface area contributed by atoms with Crippen LogP contribution in [0.4, 0.5) is 21.9 Å². The van der Waals surface area contributed by atoms with E-state index in [0.717, 1.165) is 0 Å². The fourth-order valence-corrected chi connectivity index (χ4v) is 2.80. The van der Waals surface area contributed by atoms with Gasteiger partial charge in [0.25, 0.3) is 0 Å². The molecule has 0 spiro atoms. The van der Waals surface area contributed by atoms with Gasteiger partial charge in [-0.3, -0.25) is 0 Å². The van der Waals surface area contributed by atoms with E-state index in [-0.39, 0.29) is 0 Å². The molecule has 0 radical (unpaired) electrons. The quantitative estimate of drug-likeness (QED) is 0.440. The Morgan fingerprint density at radius 3 is 2.60 bits per heavy atom. The first-order chi connectivity index (χ1) is 14.6. The number of benzene rings is 3. The number of anilines is 3. The second kappa shape index (κ2) is 8.31. The van der Waals surface area contributed by atoms with Crippen LogP contribution in [0.2, 0.25) is 0 Å². The first kappa shape index (κ1) is 18.9. The topological polar surface area (TPSA) is 120 Å². The molecule has 150 valence electrons. The van der Waals surface area contributed by atoms with Crippen molar-refractivity contribution in [3.63, 3.8) is 0 Å². The minimum Gasteiger partial charge on any atom is -0.497 e. The standard InChI is InChI=1S/C21H19N7O2/c1-30-17-6-4-5-16(13-17)28-26-20(25-27-28)18-7-2-3-8-19(18)24-21(29)23-15-11-9-14(22)10-12-15/h2-13H,22H2,1H3,(H2,23,24,29). The molecule has 0 saturated heterocycles. The predicted octanol–water partition coefficient (Wildman–Crippen LogP) is 3.56. The van der Waals surface area contributed by atoms with Gasteiger partial charge in [0.2, 0.25) is 5.82 Å². The molecule has 9 heteroatoms. The third-order valence-corrected chi connectivity index (χ3v) is 4.28. The van der Waals surface area contributed by atoms with Crippen LogP contribution >= 0.6 is 0 Å². The number of rotatable bonds is 5. The zero-order valence-corrected chi connectivity index (χ0v) is 16.1. The van der Waals surface area contributed by atoms with Crippen LogP contribution in [-0.4, -0.2) is 33.3 Å². The Hall–Kier alpha value is -4.40. The van der Waals surface area contributed by atoms with Crippen LogP contribution in [-0.2, 0) is 0 Å². The summed E-state index contributed by atoms with van der Waals surface area (Å²) < 4.78 is 5.24. The highest BCUT2D eigenvalue weighted by Gasteiger charge is 2.14.